The molecule has 0 amide bonds. The Hall–Kier alpha value is -0.890. The molecule has 3 nitrogen and oxygen atoms in total. The fourth-order valence-corrected chi connectivity index (χ4v) is 3.22. The van der Waals surface area contributed by atoms with Crippen molar-refractivity contribution >= 4 is 15.9 Å². The highest BCUT2D eigenvalue weighted by Gasteiger charge is 2.62. The van der Waals surface area contributed by atoms with Crippen LogP contribution in [0.15, 0.2) is 22.7 Å². The molecule has 18 heavy (non-hydrogen) atoms. The summed E-state index contributed by atoms with van der Waals surface area (Å²) >= 11 is 3.52. The molecular weight excluding hydrogens is 294 g/mol. The lowest BCUT2D eigenvalue weighted by molar-refractivity contribution is -0.201. The highest BCUT2D eigenvalue weighted by molar-refractivity contribution is 9.10. The van der Waals surface area contributed by atoms with Gasteiger partial charge in [-0.1, -0.05) is 22.0 Å². The SMILES string of the molecule is Cc1ccc(Br)cc1C1(C2(C#N)COC2)COC1. The molecule has 1 aromatic rings. The molecule has 1 aromatic carbocycles. The molecule has 2 saturated heterocycles. The quantitative estimate of drug-likeness (QED) is 0.843. The summed E-state index contributed by atoms with van der Waals surface area (Å²) in [7, 11) is 0. The Morgan fingerprint density at radius 2 is 1.89 bits per heavy atom. The second kappa shape index (κ2) is 4.06. The monoisotopic (exact) mass is 307 g/mol. The molecule has 0 saturated carbocycles. The van der Waals surface area contributed by atoms with Crippen LogP contribution in [0.4, 0.5) is 0 Å². The summed E-state index contributed by atoms with van der Waals surface area (Å²) in [4.78, 5) is 0. The molecule has 2 fully saturated rings. The van der Waals surface area contributed by atoms with Gasteiger partial charge in [0.2, 0.25) is 0 Å². The van der Waals surface area contributed by atoms with Crippen molar-refractivity contribution in [3.8, 4) is 6.07 Å². The first-order chi connectivity index (χ1) is 8.63. The zero-order valence-electron chi connectivity index (χ0n) is 10.2. The van der Waals surface area contributed by atoms with E-state index in [0.717, 1.165) is 4.47 Å². The lowest BCUT2D eigenvalue weighted by Crippen LogP contribution is -2.66. The first kappa shape index (κ1) is 12.2. The molecule has 0 aliphatic carbocycles. The summed E-state index contributed by atoms with van der Waals surface area (Å²) in [6.07, 6.45) is 0. The van der Waals surface area contributed by atoms with Gasteiger partial charge in [-0.2, -0.15) is 5.26 Å². The van der Waals surface area contributed by atoms with Crippen LogP contribution in [0, 0.1) is 23.7 Å². The number of rotatable bonds is 2. The van der Waals surface area contributed by atoms with Crippen LogP contribution in [0.25, 0.3) is 0 Å². The predicted octanol–water partition coefficient (Wildman–Crippen LogP) is 2.57. The normalized spacial score (nSPS) is 23.6. The predicted molar refractivity (Wildman–Crippen MR) is 70.2 cm³/mol. The van der Waals surface area contributed by atoms with Crippen LogP contribution in [-0.4, -0.2) is 26.4 Å². The molecule has 3 rings (SSSR count). The van der Waals surface area contributed by atoms with E-state index in [1.807, 2.05) is 6.07 Å². The maximum absolute atomic E-state index is 9.56. The van der Waals surface area contributed by atoms with Crippen molar-refractivity contribution in [1.29, 1.82) is 5.26 Å². The van der Waals surface area contributed by atoms with E-state index < -0.39 is 5.41 Å². The summed E-state index contributed by atoms with van der Waals surface area (Å²) in [5.41, 5.74) is 1.81. The molecule has 0 aromatic heterocycles. The minimum Gasteiger partial charge on any atom is -0.379 e. The molecular formula is C14H14BrNO2. The summed E-state index contributed by atoms with van der Waals surface area (Å²) in [5.74, 6) is 0. The highest BCUT2D eigenvalue weighted by Crippen LogP contribution is 2.52. The van der Waals surface area contributed by atoms with Gasteiger partial charge in [0.05, 0.1) is 37.9 Å². The molecule has 0 unspecified atom stereocenters. The number of hydrogen-bond acceptors (Lipinski definition) is 3. The molecule has 2 aliphatic rings. The Balaban J connectivity index is 2.12. The average Bonchev–Trinajstić information content (AvgIpc) is 2.25. The van der Waals surface area contributed by atoms with Gasteiger partial charge in [-0.25, -0.2) is 0 Å². The Labute approximate surface area is 115 Å². The van der Waals surface area contributed by atoms with E-state index in [0.29, 0.717) is 26.4 Å². The van der Waals surface area contributed by atoms with E-state index >= 15 is 0 Å². The molecule has 0 bridgehead atoms. The van der Waals surface area contributed by atoms with Gasteiger partial charge in [0, 0.05) is 4.47 Å². The van der Waals surface area contributed by atoms with E-state index in [2.05, 4.69) is 41.1 Å². The molecule has 2 aliphatic heterocycles. The molecule has 0 radical (unpaired) electrons. The van der Waals surface area contributed by atoms with Gasteiger partial charge < -0.3 is 9.47 Å². The lowest BCUT2D eigenvalue weighted by atomic mass is 9.57. The zero-order valence-corrected chi connectivity index (χ0v) is 11.8. The van der Waals surface area contributed by atoms with E-state index in [9.17, 15) is 5.26 Å². The maximum Gasteiger partial charge on any atom is 0.118 e. The zero-order chi connectivity index (χ0) is 12.8. The van der Waals surface area contributed by atoms with Crippen LogP contribution in [0.3, 0.4) is 0 Å². The number of ether oxygens (including phenoxy) is 2. The van der Waals surface area contributed by atoms with Gasteiger partial charge in [0.15, 0.2) is 0 Å². The fourth-order valence-electron chi connectivity index (χ4n) is 2.86. The lowest BCUT2D eigenvalue weighted by Gasteiger charge is -2.56. The topological polar surface area (TPSA) is 42.2 Å². The standard InChI is InChI=1S/C14H14BrNO2/c1-10-2-3-11(15)4-12(10)14(8-18-9-14)13(5-16)6-17-7-13/h2-4H,6-9H2,1H3. The first-order valence-electron chi connectivity index (χ1n) is 5.97. The summed E-state index contributed by atoms with van der Waals surface area (Å²) in [6.45, 7) is 4.34. The minimum atomic E-state index is -0.420. The van der Waals surface area contributed by atoms with Crippen molar-refractivity contribution < 1.29 is 9.47 Å². The number of nitriles is 1. The van der Waals surface area contributed by atoms with Crippen molar-refractivity contribution in [3.63, 3.8) is 0 Å². The van der Waals surface area contributed by atoms with Crippen LogP contribution < -0.4 is 0 Å². The van der Waals surface area contributed by atoms with Crippen molar-refractivity contribution in [2.24, 2.45) is 5.41 Å². The van der Waals surface area contributed by atoms with Crippen molar-refractivity contribution in [1.82, 2.24) is 0 Å². The van der Waals surface area contributed by atoms with Gasteiger partial charge in [0.25, 0.3) is 0 Å². The second-order valence-electron chi connectivity index (χ2n) is 5.22. The van der Waals surface area contributed by atoms with Crippen molar-refractivity contribution in [2.75, 3.05) is 26.4 Å². The minimum absolute atomic E-state index is 0.201. The average molecular weight is 308 g/mol. The van der Waals surface area contributed by atoms with E-state index in [1.165, 1.54) is 11.1 Å². The second-order valence-corrected chi connectivity index (χ2v) is 6.14. The van der Waals surface area contributed by atoms with Gasteiger partial charge >= 0.3 is 0 Å². The third-order valence-electron chi connectivity index (χ3n) is 4.24. The number of aryl methyl sites for hydroxylation is 1. The third-order valence-corrected chi connectivity index (χ3v) is 4.73. The van der Waals surface area contributed by atoms with Gasteiger partial charge in [-0.05, 0) is 30.2 Å². The largest absolute Gasteiger partial charge is 0.379 e. The number of benzene rings is 1. The Morgan fingerprint density at radius 1 is 1.22 bits per heavy atom. The fraction of sp³-hybridized carbons (Fsp3) is 0.500. The molecule has 4 heteroatoms. The van der Waals surface area contributed by atoms with Gasteiger partial charge in [-0.3, -0.25) is 0 Å². The van der Waals surface area contributed by atoms with Crippen molar-refractivity contribution in [2.45, 2.75) is 12.3 Å². The van der Waals surface area contributed by atoms with Crippen LogP contribution in [0.5, 0.6) is 0 Å². The highest BCUT2D eigenvalue weighted by atomic mass is 79.9. The molecule has 0 atom stereocenters. The first-order valence-corrected chi connectivity index (χ1v) is 6.76. The molecule has 0 spiro atoms. The summed E-state index contributed by atoms with van der Waals surface area (Å²) < 4.78 is 11.8. The number of hydrogen-bond donors (Lipinski definition) is 0. The summed E-state index contributed by atoms with van der Waals surface area (Å²) in [6, 6.07) is 8.72. The third kappa shape index (κ3) is 1.41. The van der Waals surface area contributed by atoms with Crippen LogP contribution in [0.1, 0.15) is 11.1 Å². The maximum atomic E-state index is 9.56. The van der Waals surface area contributed by atoms with Crippen LogP contribution >= 0.6 is 15.9 Å². The molecule has 94 valence electrons. The Kier molecular flexibility index (Phi) is 2.74. The van der Waals surface area contributed by atoms with Gasteiger partial charge in [0.1, 0.15) is 5.41 Å². The van der Waals surface area contributed by atoms with Crippen molar-refractivity contribution in [3.05, 3.63) is 33.8 Å². The molecule has 0 N–H and O–H groups in total. The van der Waals surface area contributed by atoms with E-state index in [4.69, 9.17) is 9.47 Å². The molecule has 2 heterocycles. The van der Waals surface area contributed by atoms with E-state index in [1.54, 1.807) is 0 Å². The number of halogens is 1. The van der Waals surface area contributed by atoms with Crippen LogP contribution in [-0.2, 0) is 14.9 Å². The summed E-state index contributed by atoms with van der Waals surface area (Å²) in [5, 5.41) is 9.56. The van der Waals surface area contributed by atoms with Gasteiger partial charge in [-0.15, -0.1) is 0 Å². The van der Waals surface area contributed by atoms with Crippen LogP contribution in [0.2, 0.25) is 0 Å². The smallest absolute Gasteiger partial charge is 0.118 e. The number of nitrogens with zero attached hydrogens (tertiary/aromatic N) is 1. The Bertz CT molecular complexity index is 527. The Morgan fingerprint density at radius 3 is 2.33 bits per heavy atom. The van der Waals surface area contributed by atoms with E-state index in [-0.39, 0.29) is 5.41 Å².